The maximum atomic E-state index is 12.1. The number of benzene rings is 1. The van der Waals surface area contributed by atoms with Crippen LogP contribution in [-0.4, -0.2) is 36.1 Å². The SMILES string of the molecule is COC(=O)CC[C@H](NC(=O)c1ccc(Br)cc1Br)C(=O)O. The van der Waals surface area contributed by atoms with Gasteiger partial charge in [-0.2, -0.15) is 0 Å². The fourth-order valence-electron chi connectivity index (χ4n) is 1.53. The summed E-state index contributed by atoms with van der Waals surface area (Å²) in [5, 5.41) is 11.5. The molecule has 1 rings (SSSR count). The number of carbonyl (C=O) groups excluding carboxylic acids is 2. The Kier molecular flexibility index (Phi) is 6.83. The third-order valence-corrected chi connectivity index (χ3v) is 3.79. The second kappa shape index (κ2) is 8.14. The molecule has 0 aliphatic heterocycles. The van der Waals surface area contributed by atoms with E-state index in [4.69, 9.17) is 5.11 Å². The van der Waals surface area contributed by atoms with Gasteiger partial charge in [0.15, 0.2) is 0 Å². The number of aliphatic carboxylic acids is 1. The molecule has 2 N–H and O–H groups in total. The summed E-state index contributed by atoms with van der Waals surface area (Å²) in [6, 6.07) is 3.75. The van der Waals surface area contributed by atoms with E-state index in [2.05, 4.69) is 41.9 Å². The molecule has 0 aromatic heterocycles. The highest BCUT2D eigenvalue weighted by Gasteiger charge is 2.22. The van der Waals surface area contributed by atoms with Gasteiger partial charge in [0.2, 0.25) is 0 Å². The summed E-state index contributed by atoms with van der Waals surface area (Å²) >= 11 is 6.50. The lowest BCUT2D eigenvalue weighted by molar-refractivity contribution is -0.142. The van der Waals surface area contributed by atoms with E-state index < -0.39 is 23.9 Å². The minimum atomic E-state index is -1.21. The average molecular weight is 423 g/mol. The Morgan fingerprint density at radius 1 is 1.33 bits per heavy atom. The van der Waals surface area contributed by atoms with Crippen LogP contribution in [0.25, 0.3) is 0 Å². The minimum Gasteiger partial charge on any atom is -0.480 e. The number of carboxylic acids is 1. The number of methoxy groups -OCH3 is 1. The first-order valence-corrected chi connectivity index (χ1v) is 7.49. The zero-order valence-corrected chi connectivity index (χ0v) is 14.2. The van der Waals surface area contributed by atoms with Gasteiger partial charge >= 0.3 is 11.9 Å². The van der Waals surface area contributed by atoms with Gasteiger partial charge in [0, 0.05) is 15.4 Å². The van der Waals surface area contributed by atoms with Crippen LogP contribution in [0.15, 0.2) is 27.1 Å². The predicted molar refractivity (Wildman–Crippen MR) is 82.0 cm³/mol. The number of hydrogen-bond acceptors (Lipinski definition) is 4. The van der Waals surface area contributed by atoms with Crippen LogP contribution in [0.1, 0.15) is 23.2 Å². The van der Waals surface area contributed by atoms with E-state index in [-0.39, 0.29) is 12.8 Å². The predicted octanol–water partition coefficient (Wildman–Crippen LogP) is 2.35. The van der Waals surface area contributed by atoms with E-state index in [0.29, 0.717) is 10.0 Å². The smallest absolute Gasteiger partial charge is 0.326 e. The van der Waals surface area contributed by atoms with Gasteiger partial charge < -0.3 is 15.2 Å². The van der Waals surface area contributed by atoms with Crippen molar-refractivity contribution in [1.29, 1.82) is 0 Å². The number of carboxylic acid groups (broad SMARTS) is 1. The molecule has 1 aromatic carbocycles. The van der Waals surface area contributed by atoms with Gasteiger partial charge in [0.05, 0.1) is 12.7 Å². The molecule has 8 heteroatoms. The highest BCUT2D eigenvalue weighted by atomic mass is 79.9. The highest BCUT2D eigenvalue weighted by molar-refractivity contribution is 9.11. The van der Waals surface area contributed by atoms with Crippen molar-refractivity contribution in [2.75, 3.05) is 7.11 Å². The van der Waals surface area contributed by atoms with Crippen molar-refractivity contribution >= 4 is 49.7 Å². The molecular formula is C13H13Br2NO5. The molecule has 0 heterocycles. The maximum Gasteiger partial charge on any atom is 0.326 e. The number of carbonyl (C=O) groups is 3. The van der Waals surface area contributed by atoms with Crippen molar-refractivity contribution in [2.45, 2.75) is 18.9 Å². The van der Waals surface area contributed by atoms with Crippen LogP contribution in [0.3, 0.4) is 0 Å². The second-order valence-electron chi connectivity index (χ2n) is 4.10. The fourth-order valence-corrected chi connectivity index (χ4v) is 2.76. The molecule has 21 heavy (non-hydrogen) atoms. The fraction of sp³-hybridized carbons (Fsp3) is 0.308. The van der Waals surface area contributed by atoms with Crippen LogP contribution in [0.5, 0.6) is 0 Å². The molecule has 1 aromatic rings. The quantitative estimate of drug-likeness (QED) is 0.686. The number of amides is 1. The molecule has 1 amide bonds. The first-order valence-electron chi connectivity index (χ1n) is 5.90. The van der Waals surface area contributed by atoms with Crippen molar-refractivity contribution in [3.63, 3.8) is 0 Å². The van der Waals surface area contributed by atoms with Crippen LogP contribution in [-0.2, 0) is 14.3 Å². The van der Waals surface area contributed by atoms with Gasteiger partial charge in [-0.1, -0.05) is 15.9 Å². The molecule has 0 spiro atoms. The van der Waals surface area contributed by atoms with Crippen molar-refractivity contribution < 1.29 is 24.2 Å². The van der Waals surface area contributed by atoms with Crippen molar-refractivity contribution in [1.82, 2.24) is 5.32 Å². The Bertz CT molecular complexity index is 561. The molecule has 0 saturated carbocycles. The third-order valence-electron chi connectivity index (χ3n) is 2.64. The van der Waals surface area contributed by atoms with E-state index in [0.717, 1.165) is 4.47 Å². The lowest BCUT2D eigenvalue weighted by atomic mass is 10.1. The summed E-state index contributed by atoms with van der Waals surface area (Å²) in [5.74, 6) is -2.27. The number of hydrogen-bond donors (Lipinski definition) is 2. The number of halogens is 2. The molecule has 1 atom stereocenters. The lowest BCUT2D eigenvalue weighted by Crippen LogP contribution is -2.41. The van der Waals surface area contributed by atoms with Crippen LogP contribution >= 0.6 is 31.9 Å². The number of rotatable bonds is 6. The van der Waals surface area contributed by atoms with Crippen molar-refractivity contribution in [3.8, 4) is 0 Å². The normalized spacial score (nSPS) is 11.6. The van der Waals surface area contributed by atoms with Gasteiger partial charge in [0.25, 0.3) is 5.91 Å². The van der Waals surface area contributed by atoms with Gasteiger partial charge in [-0.15, -0.1) is 0 Å². The Balaban J connectivity index is 2.76. The third kappa shape index (κ3) is 5.47. The van der Waals surface area contributed by atoms with E-state index in [1.807, 2.05) is 0 Å². The summed E-state index contributed by atoms with van der Waals surface area (Å²) in [6.45, 7) is 0. The van der Waals surface area contributed by atoms with Gasteiger partial charge in [-0.05, 0) is 40.5 Å². The highest BCUT2D eigenvalue weighted by Crippen LogP contribution is 2.22. The lowest BCUT2D eigenvalue weighted by Gasteiger charge is -2.14. The molecule has 0 fully saturated rings. The molecular weight excluding hydrogens is 410 g/mol. The number of esters is 1. The van der Waals surface area contributed by atoms with E-state index in [1.54, 1.807) is 18.2 Å². The molecule has 0 bridgehead atoms. The van der Waals surface area contributed by atoms with Crippen LogP contribution in [0.4, 0.5) is 0 Å². The molecule has 0 saturated heterocycles. The van der Waals surface area contributed by atoms with E-state index in [1.165, 1.54) is 7.11 Å². The first-order chi connectivity index (χ1) is 9.85. The summed E-state index contributed by atoms with van der Waals surface area (Å²) < 4.78 is 5.76. The van der Waals surface area contributed by atoms with Crippen LogP contribution in [0.2, 0.25) is 0 Å². The molecule has 0 unspecified atom stereocenters. The zero-order chi connectivity index (χ0) is 16.0. The average Bonchev–Trinajstić information content (AvgIpc) is 2.42. The summed E-state index contributed by atoms with van der Waals surface area (Å²) in [4.78, 5) is 34.2. The second-order valence-corrected chi connectivity index (χ2v) is 5.87. The van der Waals surface area contributed by atoms with Crippen LogP contribution in [0, 0.1) is 0 Å². The van der Waals surface area contributed by atoms with Crippen LogP contribution < -0.4 is 5.32 Å². The maximum absolute atomic E-state index is 12.1. The summed E-state index contributed by atoms with van der Waals surface area (Å²) in [7, 11) is 1.22. The summed E-state index contributed by atoms with van der Waals surface area (Å²) in [6.07, 6.45) is -0.128. The van der Waals surface area contributed by atoms with E-state index >= 15 is 0 Å². The Morgan fingerprint density at radius 3 is 2.52 bits per heavy atom. The first kappa shape index (κ1) is 17.6. The molecule has 114 valence electrons. The van der Waals surface area contributed by atoms with Crippen molar-refractivity contribution in [2.24, 2.45) is 0 Å². The largest absolute Gasteiger partial charge is 0.480 e. The molecule has 6 nitrogen and oxygen atoms in total. The summed E-state index contributed by atoms with van der Waals surface area (Å²) in [5.41, 5.74) is 0.308. The minimum absolute atomic E-state index is 0.0398. The standard InChI is InChI=1S/C13H13Br2NO5/c1-21-11(17)5-4-10(13(19)20)16-12(18)8-3-2-7(14)6-9(8)15/h2-3,6,10H,4-5H2,1H3,(H,16,18)(H,19,20)/t10-/m0/s1. The van der Waals surface area contributed by atoms with Gasteiger partial charge in [-0.25, -0.2) is 4.79 Å². The molecule has 0 radical (unpaired) electrons. The van der Waals surface area contributed by atoms with E-state index in [9.17, 15) is 14.4 Å². The Hall–Kier alpha value is -1.41. The topological polar surface area (TPSA) is 92.7 Å². The number of nitrogens with one attached hydrogen (secondary N) is 1. The van der Waals surface area contributed by atoms with Gasteiger partial charge in [0.1, 0.15) is 6.04 Å². The Morgan fingerprint density at radius 2 is 2.00 bits per heavy atom. The zero-order valence-electron chi connectivity index (χ0n) is 11.1. The Labute approximate surface area is 138 Å². The van der Waals surface area contributed by atoms with Crippen molar-refractivity contribution in [3.05, 3.63) is 32.7 Å². The molecule has 0 aliphatic carbocycles. The van der Waals surface area contributed by atoms with Gasteiger partial charge in [-0.3, -0.25) is 9.59 Å². The molecule has 0 aliphatic rings. The number of ether oxygens (including phenoxy) is 1. The monoisotopic (exact) mass is 421 g/mol.